The Morgan fingerprint density at radius 3 is 2.09 bits per heavy atom. The number of thioether (sulfide) groups is 1. The van der Waals surface area contributed by atoms with Crippen molar-refractivity contribution in [3.8, 4) is 22.5 Å². The number of ether oxygens (including phenoxy) is 2. The minimum atomic E-state index is -0.753. The number of benzene rings is 2. The summed E-state index contributed by atoms with van der Waals surface area (Å²) in [7, 11) is 2.53. The standard InChI is InChI=1S/C41H48N8O8S/c1-20(2)33(46-40(53)55-6)38(51)48-12-8-9-29(48)36-43-17-28(45-36)24-15-32-25(13-22(24)5)35(50)26-14-23(10-11-31(26)57-32)27-16-42-37(44-27)30-18-58-19-49(30)39(52)34(21(3)4)47-41(54)56-7/h10-11,13-17,20-21,29-30,33-34H,8-9,12,18-19H2,1-7H3,(H,42,44)(H,43,45)(H,46,53)(H,47,54)/t29-,30-,33-,34-/m0/s1. The number of carbonyl (C=O) groups excluding carboxylic acids is 4. The Balaban J connectivity index is 1.13. The summed E-state index contributed by atoms with van der Waals surface area (Å²) in [6.07, 6.45) is 3.60. The molecule has 58 heavy (non-hydrogen) atoms. The lowest BCUT2D eigenvalue weighted by Gasteiger charge is -2.30. The summed E-state index contributed by atoms with van der Waals surface area (Å²) in [5.74, 6) is 1.61. The summed E-state index contributed by atoms with van der Waals surface area (Å²) in [4.78, 5) is 84.8. The molecule has 2 aliphatic rings. The monoisotopic (exact) mass is 812 g/mol. The van der Waals surface area contributed by atoms with Crippen LogP contribution in [0.25, 0.3) is 44.5 Å². The summed E-state index contributed by atoms with van der Waals surface area (Å²) < 4.78 is 15.8. The molecule has 0 radical (unpaired) electrons. The number of methoxy groups -OCH3 is 2. The number of amides is 4. The molecule has 5 heterocycles. The number of carbonyl (C=O) groups is 4. The van der Waals surface area contributed by atoms with E-state index in [4.69, 9.17) is 13.9 Å². The van der Waals surface area contributed by atoms with Gasteiger partial charge in [0.1, 0.15) is 34.9 Å². The van der Waals surface area contributed by atoms with Crippen LogP contribution in [-0.2, 0) is 19.1 Å². The van der Waals surface area contributed by atoms with Gasteiger partial charge in [-0.2, -0.15) is 0 Å². The number of likely N-dealkylation sites (tertiary alicyclic amines) is 1. The molecule has 2 aromatic carbocycles. The maximum absolute atomic E-state index is 14.0. The van der Waals surface area contributed by atoms with Gasteiger partial charge in [0.05, 0.1) is 66.7 Å². The molecule has 0 aliphatic carbocycles. The van der Waals surface area contributed by atoms with Gasteiger partial charge in [0.2, 0.25) is 17.2 Å². The third-order valence-corrected chi connectivity index (χ3v) is 11.9. The number of nitrogens with one attached hydrogen (secondary N) is 4. The van der Waals surface area contributed by atoms with E-state index in [0.717, 1.165) is 28.8 Å². The fraction of sp³-hybridized carbons (Fsp3) is 0.439. The third kappa shape index (κ3) is 7.74. The predicted molar refractivity (Wildman–Crippen MR) is 219 cm³/mol. The number of aryl methyl sites for hydroxylation is 1. The number of fused-ring (bicyclic) bond motifs is 2. The molecule has 4 atom stereocenters. The van der Waals surface area contributed by atoms with E-state index in [1.807, 2.05) is 52.8 Å². The molecular weight excluding hydrogens is 765 g/mol. The van der Waals surface area contributed by atoms with Crippen LogP contribution in [0.1, 0.15) is 69.8 Å². The topological polar surface area (TPSA) is 205 Å². The number of imidazole rings is 2. The van der Waals surface area contributed by atoms with Gasteiger partial charge in [-0.1, -0.05) is 27.7 Å². The molecular formula is C41H48N8O8S. The lowest BCUT2D eigenvalue weighted by atomic mass is 10.0. The molecule has 2 aliphatic heterocycles. The number of aromatic amines is 2. The largest absolute Gasteiger partial charge is 0.456 e. The number of hydrogen-bond donors (Lipinski definition) is 4. The highest BCUT2D eigenvalue weighted by Gasteiger charge is 2.39. The first-order valence-electron chi connectivity index (χ1n) is 19.3. The van der Waals surface area contributed by atoms with Gasteiger partial charge in [-0.25, -0.2) is 19.6 Å². The quantitative estimate of drug-likeness (QED) is 0.120. The van der Waals surface area contributed by atoms with Crippen LogP contribution >= 0.6 is 11.8 Å². The molecule has 0 spiro atoms. The Labute approximate surface area is 338 Å². The maximum atomic E-state index is 14.0. The van der Waals surface area contributed by atoms with Crippen LogP contribution in [0.2, 0.25) is 0 Å². The van der Waals surface area contributed by atoms with E-state index >= 15 is 0 Å². The third-order valence-electron chi connectivity index (χ3n) is 10.9. The van der Waals surface area contributed by atoms with Crippen LogP contribution < -0.4 is 16.1 Å². The highest BCUT2D eigenvalue weighted by atomic mass is 32.2. The van der Waals surface area contributed by atoms with E-state index in [9.17, 15) is 24.0 Å². The van der Waals surface area contributed by atoms with Gasteiger partial charge in [0, 0.05) is 23.4 Å². The van der Waals surface area contributed by atoms with Crippen molar-refractivity contribution in [2.24, 2.45) is 11.8 Å². The summed E-state index contributed by atoms with van der Waals surface area (Å²) in [6, 6.07) is 6.92. The molecule has 2 saturated heterocycles. The lowest BCUT2D eigenvalue weighted by molar-refractivity contribution is -0.136. The van der Waals surface area contributed by atoms with Crippen molar-refractivity contribution < 1.29 is 33.1 Å². The first kappa shape index (κ1) is 40.4. The zero-order chi connectivity index (χ0) is 41.4. The van der Waals surface area contributed by atoms with E-state index in [0.29, 0.717) is 63.9 Å². The molecule has 4 amide bonds. The van der Waals surface area contributed by atoms with Crippen molar-refractivity contribution in [2.75, 3.05) is 32.4 Å². The SMILES string of the molecule is COC(=O)N[C@H](C(=O)N1CSC[C@H]1c1ncc(-c2ccc3oc4cc(-c5cnc([C@@H]6CCCN6C(=O)[C@@H](NC(=O)OC)C(C)C)[nH]5)c(C)cc4c(=O)c3c2)[nH]1)C(C)C. The molecule has 0 bridgehead atoms. The second kappa shape index (κ2) is 16.6. The fourth-order valence-corrected chi connectivity index (χ4v) is 8.89. The van der Waals surface area contributed by atoms with Crippen molar-refractivity contribution in [3.63, 3.8) is 0 Å². The molecule has 16 nitrogen and oxygen atoms in total. The van der Waals surface area contributed by atoms with E-state index in [-0.39, 0.29) is 41.2 Å². The van der Waals surface area contributed by atoms with Crippen LogP contribution in [-0.4, -0.2) is 98.2 Å². The molecule has 0 saturated carbocycles. The first-order chi connectivity index (χ1) is 27.8. The summed E-state index contributed by atoms with van der Waals surface area (Å²) in [6.45, 7) is 9.94. The van der Waals surface area contributed by atoms with E-state index in [1.54, 1.807) is 46.1 Å². The minimum absolute atomic E-state index is 0.148. The summed E-state index contributed by atoms with van der Waals surface area (Å²) >= 11 is 1.60. The van der Waals surface area contributed by atoms with E-state index in [1.165, 1.54) is 14.2 Å². The number of aromatic nitrogens is 4. The normalized spacial score (nSPS) is 17.9. The van der Waals surface area contributed by atoms with Crippen LogP contribution in [0.3, 0.4) is 0 Å². The van der Waals surface area contributed by atoms with E-state index in [2.05, 4.69) is 30.6 Å². The smallest absolute Gasteiger partial charge is 0.407 e. The Morgan fingerprint density at radius 1 is 0.828 bits per heavy atom. The number of alkyl carbamates (subject to hydrolysis) is 2. The van der Waals surface area contributed by atoms with Gasteiger partial charge in [-0.05, 0) is 67.5 Å². The zero-order valence-electron chi connectivity index (χ0n) is 33.5. The number of H-pyrrole nitrogens is 2. The average molecular weight is 813 g/mol. The zero-order valence-corrected chi connectivity index (χ0v) is 34.3. The Kier molecular flexibility index (Phi) is 11.5. The molecule has 7 rings (SSSR count). The molecule has 5 aromatic rings. The molecule has 3 aromatic heterocycles. The first-order valence-corrected chi connectivity index (χ1v) is 20.4. The van der Waals surface area contributed by atoms with E-state index < -0.39 is 24.3 Å². The number of hydrogen-bond acceptors (Lipinski definition) is 11. The maximum Gasteiger partial charge on any atom is 0.407 e. The lowest BCUT2D eigenvalue weighted by Crippen LogP contribution is -2.51. The second-order valence-electron chi connectivity index (χ2n) is 15.4. The highest BCUT2D eigenvalue weighted by Crippen LogP contribution is 2.36. The van der Waals surface area contributed by atoms with Crippen molar-refractivity contribution in [3.05, 3.63) is 70.2 Å². The second-order valence-corrected chi connectivity index (χ2v) is 16.4. The van der Waals surface area contributed by atoms with Gasteiger partial charge < -0.3 is 44.3 Å². The minimum Gasteiger partial charge on any atom is -0.456 e. The Bertz CT molecular complexity index is 2440. The summed E-state index contributed by atoms with van der Waals surface area (Å²) in [5.41, 5.74) is 4.42. The Hall–Kier alpha value is -5.84. The van der Waals surface area contributed by atoms with Gasteiger partial charge in [0.15, 0.2) is 0 Å². The summed E-state index contributed by atoms with van der Waals surface area (Å²) in [5, 5.41) is 6.18. The van der Waals surface area contributed by atoms with Crippen LogP contribution in [0.5, 0.6) is 0 Å². The Morgan fingerprint density at radius 2 is 1.43 bits per heavy atom. The van der Waals surface area contributed by atoms with Crippen LogP contribution in [0.15, 0.2) is 51.9 Å². The molecule has 0 unspecified atom stereocenters. The average Bonchev–Trinajstić information content (AvgIpc) is 4.05. The van der Waals surface area contributed by atoms with Crippen LogP contribution in [0, 0.1) is 18.8 Å². The van der Waals surface area contributed by atoms with Crippen molar-refractivity contribution >= 4 is 57.7 Å². The molecule has 4 N–H and O–H groups in total. The predicted octanol–water partition coefficient (Wildman–Crippen LogP) is 6.03. The fourth-order valence-electron chi connectivity index (χ4n) is 7.72. The van der Waals surface area contributed by atoms with Gasteiger partial charge in [0.25, 0.3) is 0 Å². The van der Waals surface area contributed by atoms with Gasteiger partial charge in [-0.15, -0.1) is 11.8 Å². The van der Waals surface area contributed by atoms with Crippen molar-refractivity contribution in [2.45, 2.75) is 71.6 Å². The van der Waals surface area contributed by atoms with Gasteiger partial charge in [-0.3, -0.25) is 14.4 Å². The van der Waals surface area contributed by atoms with Gasteiger partial charge >= 0.3 is 12.2 Å². The number of nitrogens with zero attached hydrogens (tertiary/aromatic N) is 4. The molecule has 306 valence electrons. The van der Waals surface area contributed by atoms with Crippen LogP contribution in [0.4, 0.5) is 9.59 Å². The molecule has 17 heteroatoms. The molecule has 2 fully saturated rings. The van der Waals surface area contributed by atoms with Crippen molar-refractivity contribution in [1.82, 2.24) is 40.4 Å². The number of rotatable bonds is 10. The van der Waals surface area contributed by atoms with Crippen molar-refractivity contribution in [1.29, 1.82) is 0 Å². The highest BCUT2D eigenvalue weighted by molar-refractivity contribution is 7.99.